The summed E-state index contributed by atoms with van der Waals surface area (Å²) in [5.74, 6) is 0.870. The lowest BCUT2D eigenvalue weighted by Crippen LogP contribution is -2.02. The van der Waals surface area contributed by atoms with E-state index in [2.05, 4.69) is 12.1 Å². The number of hydrogen-bond donors (Lipinski definition) is 1. The first kappa shape index (κ1) is 12.2. The predicted molar refractivity (Wildman–Crippen MR) is 75.3 cm³/mol. The van der Waals surface area contributed by atoms with Gasteiger partial charge in [-0.25, -0.2) is 0 Å². The van der Waals surface area contributed by atoms with Gasteiger partial charge in [0.2, 0.25) is 0 Å². The molecular weight excluding hydrogens is 222 g/mol. The molecule has 0 unspecified atom stereocenters. The molecule has 2 aromatic rings. The molecule has 0 saturated carbocycles. The second kappa shape index (κ2) is 6.50. The first-order valence-electron chi connectivity index (χ1n) is 6.04. The van der Waals surface area contributed by atoms with Gasteiger partial charge in [0.1, 0.15) is 5.75 Å². The van der Waals surface area contributed by atoms with Gasteiger partial charge in [-0.2, -0.15) is 0 Å². The molecule has 2 heteroatoms. The van der Waals surface area contributed by atoms with Crippen molar-refractivity contribution in [1.29, 1.82) is 0 Å². The van der Waals surface area contributed by atoms with Crippen LogP contribution in [0.3, 0.4) is 0 Å². The Morgan fingerprint density at radius 3 is 2.44 bits per heavy atom. The molecule has 0 amide bonds. The lowest BCUT2D eigenvalue weighted by atomic mass is 10.1. The number of rotatable bonds is 5. The maximum atomic E-state index is 5.79. The number of hydrogen-bond acceptors (Lipinski definition) is 2. The van der Waals surface area contributed by atoms with Crippen LogP contribution in [0.25, 0.3) is 6.08 Å². The first-order chi connectivity index (χ1) is 8.90. The van der Waals surface area contributed by atoms with Gasteiger partial charge in [0.15, 0.2) is 0 Å². The molecule has 0 radical (unpaired) electrons. The van der Waals surface area contributed by atoms with Crippen LogP contribution in [0.4, 0.5) is 0 Å². The third kappa shape index (κ3) is 3.39. The molecule has 2 aromatic carbocycles. The minimum absolute atomic E-state index is 0.666. The monoisotopic (exact) mass is 239 g/mol. The van der Waals surface area contributed by atoms with Crippen LogP contribution >= 0.6 is 0 Å². The fourth-order valence-electron chi connectivity index (χ4n) is 1.78. The smallest absolute Gasteiger partial charge is 0.126 e. The topological polar surface area (TPSA) is 35.2 Å². The van der Waals surface area contributed by atoms with Gasteiger partial charge in [-0.1, -0.05) is 48.5 Å². The second-order valence-corrected chi connectivity index (χ2v) is 3.98. The molecule has 0 aliphatic heterocycles. The number of benzene rings is 2. The zero-order chi connectivity index (χ0) is 12.6. The average Bonchev–Trinajstić information content (AvgIpc) is 2.42. The fourth-order valence-corrected chi connectivity index (χ4v) is 1.78. The van der Waals surface area contributed by atoms with Crippen molar-refractivity contribution in [3.8, 4) is 5.75 Å². The van der Waals surface area contributed by atoms with E-state index in [0.29, 0.717) is 6.61 Å². The Kier molecular flexibility index (Phi) is 4.42. The van der Waals surface area contributed by atoms with Crippen molar-refractivity contribution in [2.24, 2.45) is 5.73 Å². The van der Waals surface area contributed by atoms with E-state index in [-0.39, 0.29) is 0 Å². The zero-order valence-corrected chi connectivity index (χ0v) is 10.3. The molecule has 92 valence electrons. The summed E-state index contributed by atoms with van der Waals surface area (Å²) >= 11 is 0. The predicted octanol–water partition coefficient (Wildman–Crippen LogP) is 3.24. The first-order valence-corrected chi connectivity index (χ1v) is 6.04. The van der Waals surface area contributed by atoms with Gasteiger partial charge in [-0.15, -0.1) is 0 Å². The van der Waals surface area contributed by atoms with Crippen LogP contribution in [0.5, 0.6) is 5.75 Å². The van der Waals surface area contributed by atoms with E-state index in [1.807, 2.05) is 48.5 Å². The number of ether oxygens (including phenoxy) is 1. The standard InChI is InChI=1S/C16H17NO/c17-12-10-15-8-4-5-9-16(15)18-13-11-14-6-2-1-3-7-14/h1-10,12H,11,13,17H2/b12-10-. The molecular formula is C16H17NO. The molecule has 18 heavy (non-hydrogen) atoms. The van der Waals surface area contributed by atoms with Crippen molar-refractivity contribution < 1.29 is 4.74 Å². The highest BCUT2D eigenvalue weighted by Gasteiger charge is 1.99. The van der Waals surface area contributed by atoms with Crippen molar-refractivity contribution in [1.82, 2.24) is 0 Å². The van der Waals surface area contributed by atoms with E-state index in [1.165, 1.54) is 11.8 Å². The molecule has 2 N–H and O–H groups in total. The van der Waals surface area contributed by atoms with Crippen LogP contribution in [-0.4, -0.2) is 6.61 Å². The lowest BCUT2D eigenvalue weighted by Gasteiger charge is -2.09. The molecule has 0 aliphatic rings. The molecule has 0 fully saturated rings. The third-order valence-electron chi connectivity index (χ3n) is 2.69. The lowest BCUT2D eigenvalue weighted by molar-refractivity contribution is 0.321. The summed E-state index contributed by atoms with van der Waals surface area (Å²) in [5, 5.41) is 0. The Hall–Kier alpha value is -2.22. The molecule has 2 rings (SSSR count). The summed E-state index contributed by atoms with van der Waals surface area (Å²) in [7, 11) is 0. The van der Waals surface area contributed by atoms with Crippen molar-refractivity contribution in [2.75, 3.05) is 6.61 Å². The highest BCUT2D eigenvalue weighted by Crippen LogP contribution is 2.19. The number of nitrogens with two attached hydrogens (primary N) is 1. The van der Waals surface area contributed by atoms with Crippen molar-refractivity contribution in [2.45, 2.75) is 6.42 Å². The summed E-state index contributed by atoms with van der Waals surface area (Å²) in [6.07, 6.45) is 4.28. The summed E-state index contributed by atoms with van der Waals surface area (Å²) in [6, 6.07) is 18.2. The van der Waals surface area contributed by atoms with Crippen LogP contribution in [-0.2, 0) is 6.42 Å². The van der Waals surface area contributed by atoms with E-state index in [4.69, 9.17) is 10.5 Å². The Bertz CT molecular complexity index is 506. The van der Waals surface area contributed by atoms with Crippen molar-refractivity contribution >= 4 is 6.08 Å². The quantitative estimate of drug-likeness (QED) is 0.869. The Labute approximate surface area is 108 Å². The van der Waals surface area contributed by atoms with E-state index in [9.17, 15) is 0 Å². The molecule has 0 aliphatic carbocycles. The largest absolute Gasteiger partial charge is 0.493 e. The van der Waals surface area contributed by atoms with Gasteiger partial charge in [0, 0.05) is 12.0 Å². The molecule has 2 nitrogen and oxygen atoms in total. The Morgan fingerprint density at radius 2 is 1.67 bits per heavy atom. The van der Waals surface area contributed by atoms with Crippen molar-refractivity contribution in [3.05, 3.63) is 71.9 Å². The SMILES string of the molecule is N/C=C\c1ccccc1OCCc1ccccc1. The normalized spacial score (nSPS) is 10.7. The Balaban J connectivity index is 1.94. The minimum atomic E-state index is 0.666. The van der Waals surface area contributed by atoms with Gasteiger partial charge < -0.3 is 10.5 Å². The molecule has 0 saturated heterocycles. The van der Waals surface area contributed by atoms with Gasteiger partial charge in [-0.3, -0.25) is 0 Å². The second-order valence-electron chi connectivity index (χ2n) is 3.98. The third-order valence-corrected chi connectivity index (χ3v) is 2.69. The van der Waals surface area contributed by atoms with Crippen LogP contribution in [0, 0.1) is 0 Å². The van der Waals surface area contributed by atoms with E-state index >= 15 is 0 Å². The molecule has 0 bridgehead atoms. The average molecular weight is 239 g/mol. The zero-order valence-electron chi connectivity index (χ0n) is 10.3. The van der Waals surface area contributed by atoms with Crippen LogP contribution in [0.15, 0.2) is 60.8 Å². The maximum absolute atomic E-state index is 5.79. The van der Waals surface area contributed by atoms with Gasteiger partial charge in [-0.05, 0) is 23.9 Å². The summed E-state index contributed by atoms with van der Waals surface area (Å²) in [5.41, 5.74) is 7.70. The van der Waals surface area contributed by atoms with Crippen LogP contribution in [0.1, 0.15) is 11.1 Å². The highest BCUT2D eigenvalue weighted by molar-refractivity contribution is 5.56. The van der Waals surface area contributed by atoms with E-state index in [1.54, 1.807) is 0 Å². The summed E-state index contributed by atoms with van der Waals surface area (Å²) in [4.78, 5) is 0. The van der Waals surface area contributed by atoms with E-state index in [0.717, 1.165) is 17.7 Å². The van der Waals surface area contributed by atoms with Crippen molar-refractivity contribution in [3.63, 3.8) is 0 Å². The maximum Gasteiger partial charge on any atom is 0.126 e. The highest BCUT2D eigenvalue weighted by atomic mass is 16.5. The molecule has 0 aromatic heterocycles. The van der Waals surface area contributed by atoms with Crippen LogP contribution < -0.4 is 10.5 Å². The number of para-hydroxylation sites is 1. The van der Waals surface area contributed by atoms with E-state index < -0.39 is 0 Å². The van der Waals surface area contributed by atoms with Crippen LogP contribution in [0.2, 0.25) is 0 Å². The summed E-state index contributed by atoms with van der Waals surface area (Å²) < 4.78 is 5.79. The van der Waals surface area contributed by atoms with Gasteiger partial charge >= 0.3 is 0 Å². The molecule has 0 heterocycles. The molecule has 0 spiro atoms. The van der Waals surface area contributed by atoms with Gasteiger partial charge in [0.05, 0.1) is 6.61 Å². The Morgan fingerprint density at radius 1 is 0.944 bits per heavy atom. The summed E-state index contributed by atoms with van der Waals surface area (Å²) in [6.45, 7) is 0.666. The minimum Gasteiger partial charge on any atom is -0.493 e. The van der Waals surface area contributed by atoms with Gasteiger partial charge in [0.25, 0.3) is 0 Å². The fraction of sp³-hybridized carbons (Fsp3) is 0.125. The molecule has 0 atom stereocenters.